The summed E-state index contributed by atoms with van der Waals surface area (Å²) in [7, 11) is -1.26. The van der Waals surface area contributed by atoms with E-state index in [1.54, 1.807) is 0 Å². The van der Waals surface area contributed by atoms with Gasteiger partial charge in [0.25, 0.3) is 0 Å². The van der Waals surface area contributed by atoms with E-state index in [0.29, 0.717) is 0 Å². The average Bonchev–Trinajstić information content (AvgIpc) is 2.97. The molecule has 0 amide bonds. The molecule has 45 heavy (non-hydrogen) atoms. The fraction of sp³-hybridized carbons (Fsp3) is 0.450. The Labute approximate surface area is 287 Å². The largest absolute Gasteiger partial charge is 0.512 e. The zero-order valence-electron chi connectivity index (χ0n) is 29.2. The Morgan fingerprint density at radius 3 is 1.98 bits per heavy atom. The van der Waals surface area contributed by atoms with Crippen LogP contribution < -0.4 is 0 Å². The maximum atomic E-state index is 11.7. The summed E-state index contributed by atoms with van der Waals surface area (Å²) >= 11 is 0. The Morgan fingerprint density at radius 1 is 0.867 bits per heavy atom. The summed E-state index contributed by atoms with van der Waals surface area (Å²) in [6.07, 6.45) is 4.91. The molecular weight excluding hydrogens is 747 g/mol. The van der Waals surface area contributed by atoms with E-state index in [1.807, 2.05) is 27.7 Å². The molecule has 0 saturated heterocycles. The van der Waals surface area contributed by atoms with Crippen LogP contribution in [-0.4, -0.2) is 23.9 Å². The first-order valence-electron chi connectivity index (χ1n) is 16.5. The number of carbonyl (C=O) groups excluding carboxylic acids is 1. The maximum absolute atomic E-state index is 11.7. The van der Waals surface area contributed by atoms with E-state index >= 15 is 0 Å². The molecular formula is C40H54IrNO2Si-. The third kappa shape index (κ3) is 10.5. The molecule has 0 spiro atoms. The second-order valence-electron chi connectivity index (χ2n) is 14.3. The van der Waals surface area contributed by atoms with Crippen molar-refractivity contribution in [2.45, 2.75) is 105 Å². The molecule has 1 aromatic heterocycles. The molecule has 0 atom stereocenters. The Kier molecular flexibility index (Phi) is 14.4. The summed E-state index contributed by atoms with van der Waals surface area (Å²) in [6.45, 7) is 22.2. The van der Waals surface area contributed by atoms with Gasteiger partial charge in [0, 0.05) is 57.2 Å². The van der Waals surface area contributed by atoms with Gasteiger partial charge in [-0.25, -0.2) is 0 Å². The van der Waals surface area contributed by atoms with Crippen molar-refractivity contribution in [2.24, 2.45) is 11.8 Å². The van der Waals surface area contributed by atoms with Gasteiger partial charge in [0.2, 0.25) is 0 Å². The normalized spacial score (nSPS) is 12.3. The van der Waals surface area contributed by atoms with E-state index in [0.717, 1.165) is 53.9 Å². The maximum Gasteiger partial charge on any atom is 0.162 e. The average molecular weight is 801 g/mol. The van der Waals surface area contributed by atoms with Gasteiger partial charge in [-0.1, -0.05) is 122 Å². The van der Waals surface area contributed by atoms with E-state index in [-0.39, 0.29) is 48.9 Å². The van der Waals surface area contributed by atoms with Crippen LogP contribution in [0.5, 0.6) is 0 Å². The van der Waals surface area contributed by atoms with Crippen LogP contribution in [0.25, 0.3) is 32.9 Å². The molecule has 3 nitrogen and oxygen atoms in total. The summed E-state index contributed by atoms with van der Waals surface area (Å²) in [6, 6.07) is 26.6. The van der Waals surface area contributed by atoms with E-state index in [9.17, 15) is 9.90 Å². The molecule has 245 valence electrons. The van der Waals surface area contributed by atoms with Gasteiger partial charge in [0.15, 0.2) is 5.78 Å². The van der Waals surface area contributed by atoms with Gasteiger partial charge < -0.3 is 5.11 Å². The monoisotopic (exact) mass is 801 g/mol. The number of pyridine rings is 1. The molecule has 0 bridgehead atoms. The quantitative estimate of drug-likeness (QED) is 0.0752. The summed E-state index contributed by atoms with van der Waals surface area (Å²) in [4.78, 5) is 16.8. The predicted molar refractivity (Wildman–Crippen MR) is 193 cm³/mol. The predicted octanol–water partition coefficient (Wildman–Crippen LogP) is 11.4. The molecule has 1 N–H and O–H groups in total. The van der Waals surface area contributed by atoms with Crippen molar-refractivity contribution in [2.75, 3.05) is 0 Å². The van der Waals surface area contributed by atoms with Crippen molar-refractivity contribution in [3.63, 3.8) is 0 Å². The van der Waals surface area contributed by atoms with Crippen LogP contribution in [0.15, 0.2) is 72.5 Å². The Morgan fingerprint density at radius 2 is 1.42 bits per heavy atom. The number of para-hydroxylation sites is 1. The van der Waals surface area contributed by atoms with Crippen molar-refractivity contribution < 1.29 is 30.0 Å². The number of hydrogen-bond donors (Lipinski definition) is 1. The number of ketones is 1. The third-order valence-electron chi connectivity index (χ3n) is 8.46. The summed E-state index contributed by atoms with van der Waals surface area (Å²) in [5.41, 5.74) is 6.04. The number of aromatic nitrogens is 1. The zero-order valence-corrected chi connectivity index (χ0v) is 32.6. The van der Waals surface area contributed by atoms with Crippen LogP contribution in [0.3, 0.4) is 0 Å². The molecule has 4 aromatic rings. The summed E-state index contributed by atoms with van der Waals surface area (Å²) in [5.74, 6) is 0.547. The number of hydrogen-bond acceptors (Lipinski definition) is 3. The van der Waals surface area contributed by atoms with Crippen LogP contribution in [-0.2, 0) is 36.4 Å². The number of aliphatic hydroxyl groups excluding tert-OH is 1. The van der Waals surface area contributed by atoms with E-state index in [2.05, 4.69) is 107 Å². The van der Waals surface area contributed by atoms with Crippen LogP contribution >= 0.6 is 0 Å². The number of carbonyl (C=O) groups is 1. The molecule has 0 aliphatic heterocycles. The minimum Gasteiger partial charge on any atom is -0.512 e. The topological polar surface area (TPSA) is 50.2 Å². The van der Waals surface area contributed by atoms with Crippen molar-refractivity contribution in [1.29, 1.82) is 0 Å². The molecule has 0 aliphatic rings. The number of benzene rings is 3. The molecule has 3 aromatic carbocycles. The number of fused-ring (bicyclic) bond motifs is 2. The minimum absolute atomic E-state index is 0. The third-order valence-corrected chi connectivity index (χ3v) is 9.91. The SMILES string of the molecule is CC(C)(C)c1cc(-c2cc(C[Si](C)(C)C)c3ccccc3n2)[c-]c2ccccc12.CCC(CC)C(=O)/C=C(\O)C(CC)CC.[Ir]. The van der Waals surface area contributed by atoms with Gasteiger partial charge in [-0.05, 0) is 48.8 Å². The number of allylic oxidation sites excluding steroid dienone is 2. The molecule has 0 aliphatic carbocycles. The Bertz CT molecular complexity index is 1590. The molecule has 0 saturated carbocycles. The zero-order chi connectivity index (χ0) is 32.7. The Hall–Kier alpha value is -2.59. The van der Waals surface area contributed by atoms with Crippen molar-refractivity contribution in [1.82, 2.24) is 4.98 Å². The van der Waals surface area contributed by atoms with Crippen LogP contribution in [0.2, 0.25) is 19.6 Å². The molecule has 1 heterocycles. The summed E-state index contributed by atoms with van der Waals surface area (Å²) in [5, 5.41) is 13.5. The van der Waals surface area contributed by atoms with Crippen LogP contribution in [0.4, 0.5) is 0 Å². The van der Waals surface area contributed by atoms with Crippen molar-refractivity contribution >= 4 is 35.5 Å². The fourth-order valence-electron chi connectivity index (χ4n) is 5.87. The van der Waals surface area contributed by atoms with Gasteiger partial charge in [-0.2, -0.15) is 0 Å². The van der Waals surface area contributed by atoms with E-state index in [4.69, 9.17) is 4.98 Å². The smallest absolute Gasteiger partial charge is 0.162 e. The standard InChI is InChI=1S/C27H30NSi.C13H24O2.Ir/c1-27(2,3)24-16-20(15-19-11-7-8-12-22(19)24)26-17-21(18-29(4,5)6)23-13-9-10-14-25(23)28-26;1-5-10(6-2)12(14)9-13(15)11(7-3)8-4;/h7-14,16-17H,18H2,1-6H3;9-11,14H,5-8H2,1-4H3;/q-1;;/b;12-9-;. The molecule has 0 fully saturated rings. The molecule has 4 rings (SSSR count). The molecule has 5 heteroatoms. The number of nitrogens with zero attached hydrogens (tertiary/aromatic N) is 1. The van der Waals surface area contributed by atoms with Crippen molar-refractivity contribution in [3.8, 4) is 11.3 Å². The number of rotatable bonds is 10. The van der Waals surface area contributed by atoms with Gasteiger partial charge in [-0.15, -0.1) is 29.1 Å². The van der Waals surface area contributed by atoms with E-state index < -0.39 is 8.07 Å². The fourth-order valence-corrected chi connectivity index (χ4v) is 7.31. The second-order valence-corrected chi connectivity index (χ2v) is 19.8. The van der Waals surface area contributed by atoms with Crippen molar-refractivity contribution in [3.05, 3.63) is 89.7 Å². The second kappa shape index (κ2) is 16.8. The van der Waals surface area contributed by atoms with Gasteiger partial charge >= 0.3 is 0 Å². The first-order valence-corrected chi connectivity index (χ1v) is 20.2. The minimum atomic E-state index is -1.26. The van der Waals surface area contributed by atoms with Gasteiger partial charge in [0.1, 0.15) is 0 Å². The summed E-state index contributed by atoms with van der Waals surface area (Å²) < 4.78 is 0. The van der Waals surface area contributed by atoms with Crippen LogP contribution in [0.1, 0.15) is 85.3 Å². The molecule has 0 unspecified atom stereocenters. The number of aliphatic hydroxyl groups is 1. The Balaban J connectivity index is 0.000000378. The first kappa shape index (κ1) is 38.6. The van der Waals surface area contributed by atoms with Gasteiger partial charge in [0.05, 0.1) is 11.3 Å². The van der Waals surface area contributed by atoms with E-state index in [1.165, 1.54) is 28.0 Å². The molecule has 1 radical (unpaired) electrons. The first-order chi connectivity index (χ1) is 20.7. The van der Waals surface area contributed by atoms with Crippen LogP contribution in [0, 0.1) is 17.9 Å². The van der Waals surface area contributed by atoms with Gasteiger partial charge in [-0.3, -0.25) is 9.78 Å².